The lowest BCUT2D eigenvalue weighted by atomic mass is 10.3. The van der Waals surface area contributed by atoms with Gasteiger partial charge in [-0.3, -0.25) is 0 Å². The van der Waals surface area contributed by atoms with E-state index in [1.807, 2.05) is 0 Å². The van der Waals surface area contributed by atoms with Gasteiger partial charge in [0.05, 0.1) is 12.6 Å². The van der Waals surface area contributed by atoms with Crippen LogP contribution in [0.15, 0.2) is 9.98 Å². The predicted octanol–water partition coefficient (Wildman–Crippen LogP) is 2.33. The van der Waals surface area contributed by atoms with Crippen molar-refractivity contribution in [2.45, 2.75) is 26.2 Å². The Morgan fingerprint density at radius 1 is 1.07 bits per heavy atom. The average Bonchev–Trinajstić information content (AvgIpc) is 2.09. The minimum Gasteiger partial charge on any atom is -0.309 e. The molecule has 0 amide bonds. The van der Waals surface area contributed by atoms with Crippen LogP contribution in [0.3, 0.4) is 0 Å². The highest BCUT2D eigenvalue weighted by Gasteiger charge is 1.86. The first-order valence-corrected chi connectivity index (χ1v) is 5.00. The van der Waals surface area contributed by atoms with Crippen LogP contribution < -0.4 is 0 Å². The summed E-state index contributed by atoms with van der Waals surface area (Å²) in [4.78, 5) is 10.3. The van der Waals surface area contributed by atoms with Crippen molar-refractivity contribution in [3.05, 3.63) is 0 Å². The molecular formula is C10H22ClN3. The Hall–Kier alpha value is -0.370. The van der Waals surface area contributed by atoms with Gasteiger partial charge in [0.1, 0.15) is 0 Å². The standard InChI is InChI=1S/C10H21N3.ClH/c1-4-5-7-11-10-12-8-6-9-13(2)3;/h4-9H2,1-3H3;1H. The highest BCUT2D eigenvalue weighted by molar-refractivity contribution is 5.85. The fourth-order valence-electron chi connectivity index (χ4n) is 0.853. The average molecular weight is 220 g/mol. The number of rotatable bonds is 7. The maximum absolute atomic E-state index is 4.07. The quantitative estimate of drug-likeness (QED) is 0.477. The molecule has 0 fully saturated rings. The third-order valence-corrected chi connectivity index (χ3v) is 1.64. The first-order chi connectivity index (χ1) is 6.27. The van der Waals surface area contributed by atoms with E-state index in [0.29, 0.717) is 0 Å². The summed E-state index contributed by atoms with van der Waals surface area (Å²) in [6.45, 7) is 4.95. The van der Waals surface area contributed by atoms with Gasteiger partial charge < -0.3 is 4.90 Å². The molecule has 0 atom stereocenters. The maximum atomic E-state index is 4.07. The minimum atomic E-state index is 0. The van der Waals surface area contributed by atoms with Gasteiger partial charge in [-0.25, -0.2) is 9.98 Å². The van der Waals surface area contributed by atoms with Gasteiger partial charge in [0, 0.05) is 6.54 Å². The maximum Gasteiger partial charge on any atom is 0.0892 e. The van der Waals surface area contributed by atoms with Crippen LogP contribution in [0.1, 0.15) is 26.2 Å². The van der Waals surface area contributed by atoms with Crippen molar-refractivity contribution < 1.29 is 0 Å². The molecule has 0 aliphatic carbocycles. The monoisotopic (exact) mass is 219 g/mol. The van der Waals surface area contributed by atoms with E-state index in [1.54, 1.807) is 0 Å². The summed E-state index contributed by atoms with van der Waals surface area (Å²) in [6, 6.07) is 2.73. The van der Waals surface area contributed by atoms with E-state index in [4.69, 9.17) is 0 Å². The smallest absolute Gasteiger partial charge is 0.0892 e. The first-order valence-electron chi connectivity index (χ1n) is 5.00. The molecule has 0 spiro atoms. The number of unbranched alkanes of at least 4 members (excludes halogenated alkanes) is 1. The molecule has 0 aliphatic heterocycles. The first kappa shape index (κ1) is 16.1. The molecule has 0 saturated heterocycles. The molecule has 0 unspecified atom stereocenters. The molecule has 0 radical (unpaired) electrons. The summed E-state index contributed by atoms with van der Waals surface area (Å²) in [5, 5.41) is 0. The van der Waals surface area contributed by atoms with Crippen LogP contribution in [-0.4, -0.2) is 44.6 Å². The van der Waals surface area contributed by atoms with Crippen LogP contribution in [0.4, 0.5) is 0 Å². The fraction of sp³-hybridized carbons (Fsp3) is 0.900. The molecule has 0 aromatic heterocycles. The van der Waals surface area contributed by atoms with Crippen molar-refractivity contribution >= 4 is 18.4 Å². The molecule has 0 aromatic rings. The zero-order valence-corrected chi connectivity index (χ0v) is 10.3. The Morgan fingerprint density at radius 2 is 1.64 bits per heavy atom. The van der Waals surface area contributed by atoms with Gasteiger partial charge in [-0.05, 0) is 33.5 Å². The molecule has 0 N–H and O–H groups in total. The van der Waals surface area contributed by atoms with E-state index in [0.717, 1.165) is 32.5 Å². The molecule has 4 heteroatoms. The van der Waals surface area contributed by atoms with E-state index >= 15 is 0 Å². The van der Waals surface area contributed by atoms with Crippen molar-refractivity contribution in [3.8, 4) is 0 Å². The van der Waals surface area contributed by atoms with Crippen molar-refractivity contribution in [1.29, 1.82) is 0 Å². The SMILES string of the molecule is CCCCN=C=NCCCN(C)C.Cl. The molecule has 0 aliphatic rings. The van der Waals surface area contributed by atoms with Gasteiger partial charge in [-0.2, -0.15) is 0 Å². The van der Waals surface area contributed by atoms with E-state index in [1.165, 1.54) is 6.42 Å². The van der Waals surface area contributed by atoms with Crippen molar-refractivity contribution in [1.82, 2.24) is 4.90 Å². The van der Waals surface area contributed by atoms with E-state index in [2.05, 4.69) is 41.9 Å². The van der Waals surface area contributed by atoms with Crippen molar-refractivity contribution in [2.24, 2.45) is 9.98 Å². The molecule has 0 bridgehead atoms. The second-order valence-corrected chi connectivity index (χ2v) is 3.37. The van der Waals surface area contributed by atoms with Crippen LogP contribution in [0.25, 0.3) is 0 Å². The second kappa shape index (κ2) is 12.6. The Kier molecular flexibility index (Phi) is 14.5. The molecule has 3 nitrogen and oxygen atoms in total. The fourth-order valence-corrected chi connectivity index (χ4v) is 0.853. The number of aliphatic imine (C=N–C) groups is 2. The lowest BCUT2D eigenvalue weighted by Gasteiger charge is -2.05. The minimum absolute atomic E-state index is 0. The number of hydrogen-bond acceptors (Lipinski definition) is 3. The Bertz CT molecular complexity index is 163. The molecular weight excluding hydrogens is 198 g/mol. The lowest BCUT2D eigenvalue weighted by Crippen LogP contribution is -2.13. The summed E-state index contributed by atoms with van der Waals surface area (Å²) >= 11 is 0. The number of hydrogen-bond donors (Lipinski definition) is 0. The molecule has 0 saturated carbocycles. The number of halogens is 1. The predicted molar refractivity (Wildman–Crippen MR) is 64.9 cm³/mol. The van der Waals surface area contributed by atoms with Gasteiger partial charge in [-0.1, -0.05) is 13.3 Å². The van der Waals surface area contributed by atoms with Crippen LogP contribution >= 0.6 is 12.4 Å². The highest BCUT2D eigenvalue weighted by atomic mass is 35.5. The topological polar surface area (TPSA) is 28.0 Å². The van der Waals surface area contributed by atoms with Crippen LogP contribution in [0.5, 0.6) is 0 Å². The normalized spacial score (nSPS) is 9.14. The van der Waals surface area contributed by atoms with Gasteiger partial charge in [0.15, 0.2) is 0 Å². The number of nitrogens with zero attached hydrogens (tertiary/aromatic N) is 3. The van der Waals surface area contributed by atoms with E-state index in [-0.39, 0.29) is 12.4 Å². The Morgan fingerprint density at radius 3 is 2.14 bits per heavy atom. The summed E-state index contributed by atoms with van der Waals surface area (Å²) in [5.41, 5.74) is 0. The Balaban J connectivity index is 0. The Labute approximate surface area is 93.7 Å². The van der Waals surface area contributed by atoms with Crippen molar-refractivity contribution in [3.63, 3.8) is 0 Å². The van der Waals surface area contributed by atoms with Gasteiger partial charge >= 0.3 is 0 Å². The van der Waals surface area contributed by atoms with Gasteiger partial charge in [-0.15, -0.1) is 12.4 Å². The zero-order chi connectivity index (χ0) is 9.94. The van der Waals surface area contributed by atoms with E-state index < -0.39 is 0 Å². The van der Waals surface area contributed by atoms with Gasteiger partial charge in [0.25, 0.3) is 0 Å². The summed E-state index contributed by atoms with van der Waals surface area (Å²) < 4.78 is 0. The summed E-state index contributed by atoms with van der Waals surface area (Å²) in [5.74, 6) is 0. The van der Waals surface area contributed by atoms with Gasteiger partial charge in [0.2, 0.25) is 0 Å². The molecule has 14 heavy (non-hydrogen) atoms. The molecule has 84 valence electrons. The molecule has 0 rings (SSSR count). The van der Waals surface area contributed by atoms with Crippen LogP contribution in [0.2, 0.25) is 0 Å². The molecule has 0 heterocycles. The highest BCUT2D eigenvalue weighted by Crippen LogP contribution is 1.85. The summed E-state index contributed by atoms with van der Waals surface area (Å²) in [7, 11) is 4.14. The third kappa shape index (κ3) is 14.2. The van der Waals surface area contributed by atoms with E-state index in [9.17, 15) is 0 Å². The van der Waals surface area contributed by atoms with Crippen LogP contribution in [0, 0.1) is 0 Å². The lowest BCUT2D eigenvalue weighted by molar-refractivity contribution is 0.403. The second-order valence-electron chi connectivity index (χ2n) is 3.37. The third-order valence-electron chi connectivity index (χ3n) is 1.64. The largest absolute Gasteiger partial charge is 0.309 e. The molecule has 0 aromatic carbocycles. The zero-order valence-electron chi connectivity index (χ0n) is 9.49. The van der Waals surface area contributed by atoms with Crippen LogP contribution in [-0.2, 0) is 0 Å². The summed E-state index contributed by atoms with van der Waals surface area (Å²) in [6.07, 6.45) is 3.41. The van der Waals surface area contributed by atoms with Crippen molar-refractivity contribution in [2.75, 3.05) is 33.7 Å².